The lowest BCUT2D eigenvalue weighted by Crippen LogP contribution is -2.50. The summed E-state index contributed by atoms with van der Waals surface area (Å²) in [6.07, 6.45) is 11.2. The molecule has 4 rings (SSSR count). The van der Waals surface area contributed by atoms with Gasteiger partial charge in [0.15, 0.2) is 0 Å². The monoisotopic (exact) mass is 330 g/mol. The predicted octanol–water partition coefficient (Wildman–Crippen LogP) is 5.17. The van der Waals surface area contributed by atoms with Gasteiger partial charge in [-0.1, -0.05) is 39.3 Å². The molecule has 0 radical (unpaired) electrons. The smallest absolute Gasteiger partial charge is 0.144 e. The number of hydrogen-bond acceptors (Lipinski definition) is 2. The minimum Gasteiger partial charge on any atom is -0.381 e. The van der Waals surface area contributed by atoms with Gasteiger partial charge in [0.1, 0.15) is 5.78 Å². The molecule has 0 amide bonds. The fourth-order valence-electron chi connectivity index (χ4n) is 7.22. The minimum atomic E-state index is -0.118. The van der Waals surface area contributed by atoms with Crippen LogP contribution in [0.15, 0.2) is 11.6 Å². The molecule has 0 aromatic carbocycles. The Bertz CT molecular complexity index is 589. The van der Waals surface area contributed by atoms with E-state index in [1.165, 1.54) is 25.7 Å². The zero-order valence-electron chi connectivity index (χ0n) is 16.2. The SMILES string of the molecule is COC1CCC2(C)C(=CCC3C4CC(C)(C)C(=O)C4(C)CCC32)C1. The number of rotatable bonds is 1. The number of allylic oxidation sites excluding steroid dienone is 1. The van der Waals surface area contributed by atoms with Crippen LogP contribution in [0.1, 0.15) is 72.6 Å². The summed E-state index contributed by atoms with van der Waals surface area (Å²) >= 11 is 0. The van der Waals surface area contributed by atoms with Crippen LogP contribution in [0, 0.1) is 34.0 Å². The lowest BCUT2D eigenvalue weighted by Gasteiger charge is -2.56. The summed E-state index contributed by atoms with van der Waals surface area (Å²) in [5, 5.41) is 0. The van der Waals surface area contributed by atoms with Crippen LogP contribution in [0.5, 0.6) is 0 Å². The third-order valence-electron chi connectivity index (χ3n) is 8.65. The summed E-state index contributed by atoms with van der Waals surface area (Å²) in [4.78, 5) is 13.1. The van der Waals surface area contributed by atoms with Gasteiger partial charge in [-0.3, -0.25) is 4.79 Å². The van der Waals surface area contributed by atoms with Crippen LogP contribution in [0.4, 0.5) is 0 Å². The number of ketones is 1. The quantitative estimate of drug-likeness (QED) is 0.620. The van der Waals surface area contributed by atoms with Gasteiger partial charge in [0.2, 0.25) is 0 Å². The van der Waals surface area contributed by atoms with Crippen LogP contribution >= 0.6 is 0 Å². The molecule has 0 aromatic heterocycles. The zero-order chi connectivity index (χ0) is 17.3. The Morgan fingerprint density at radius 1 is 1.04 bits per heavy atom. The summed E-state index contributed by atoms with van der Waals surface area (Å²) in [5.74, 6) is 2.62. The second-order valence-corrected chi connectivity index (χ2v) is 10.2. The van der Waals surface area contributed by atoms with Crippen LogP contribution in [0.2, 0.25) is 0 Å². The maximum absolute atomic E-state index is 13.1. The van der Waals surface area contributed by atoms with Crippen LogP contribution in [0.3, 0.4) is 0 Å². The molecular formula is C22H34O2. The predicted molar refractivity (Wildman–Crippen MR) is 96.7 cm³/mol. The highest BCUT2D eigenvalue weighted by Gasteiger charge is 2.63. The third kappa shape index (κ3) is 2.08. The summed E-state index contributed by atoms with van der Waals surface area (Å²) in [7, 11) is 1.86. The normalized spacial score (nSPS) is 49.9. The molecule has 24 heavy (non-hydrogen) atoms. The van der Waals surface area contributed by atoms with Crippen molar-refractivity contribution in [3.05, 3.63) is 11.6 Å². The number of hydrogen-bond donors (Lipinski definition) is 0. The fraction of sp³-hybridized carbons (Fsp3) is 0.864. The van der Waals surface area contributed by atoms with Gasteiger partial charge in [0, 0.05) is 17.9 Å². The van der Waals surface area contributed by atoms with Crippen molar-refractivity contribution in [2.45, 2.75) is 78.7 Å². The van der Waals surface area contributed by atoms with Gasteiger partial charge in [-0.15, -0.1) is 0 Å². The van der Waals surface area contributed by atoms with Crippen molar-refractivity contribution >= 4 is 5.78 Å². The zero-order valence-corrected chi connectivity index (χ0v) is 16.2. The van der Waals surface area contributed by atoms with Crippen LogP contribution in [-0.4, -0.2) is 19.0 Å². The Kier molecular flexibility index (Phi) is 3.64. The highest BCUT2D eigenvalue weighted by molar-refractivity contribution is 5.92. The van der Waals surface area contributed by atoms with Crippen LogP contribution < -0.4 is 0 Å². The maximum atomic E-state index is 13.1. The molecular weight excluding hydrogens is 296 g/mol. The number of carbonyl (C=O) groups excluding carboxylic acids is 1. The Balaban J connectivity index is 1.68. The molecule has 0 saturated heterocycles. The first-order chi connectivity index (χ1) is 11.2. The van der Waals surface area contributed by atoms with Gasteiger partial charge in [-0.05, 0) is 68.1 Å². The molecule has 0 bridgehead atoms. The lowest BCUT2D eigenvalue weighted by molar-refractivity contribution is -0.136. The second-order valence-electron chi connectivity index (χ2n) is 10.2. The second kappa shape index (κ2) is 5.19. The van der Waals surface area contributed by atoms with Gasteiger partial charge < -0.3 is 4.74 Å². The minimum absolute atomic E-state index is 0.0594. The number of fused-ring (bicyclic) bond motifs is 5. The van der Waals surface area contributed by atoms with E-state index in [0.29, 0.717) is 29.1 Å². The molecule has 0 aliphatic heterocycles. The van der Waals surface area contributed by atoms with Crippen molar-refractivity contribution in [3.8, 4) is 0 Å². The molecule has 134 valence electrons. The highest BCUT2D eigenvalue weighted by atomic mass is 16.5. The van der Waals surface area contributed by atoms with Crippen molar-refractivity contribution in [3.63, 3.8) is 0 Å². The van der Waals surface area contributed by atoms with E-state index in [0.717, 1.165) is 25.2 Å². The summed E-state index contributed by atoms with van der Waals surface area (Å²) < 4.78 is 5.66. The molecule has 0 heterocycles. The third-order valence-corrected chi connectivity index (χ3v) is 8.65. The number of Topliss-reactive ketones (excluding diaryl/α,β-unsaturated/α-hetero) is 1. The molecule has 0 spiro atoms. The Hall–Kier alpha value is -0.630. The van der Waals surface area contributed by atoms with E-state index < -0.39 is 0 Å². The molecule has 3 fully saturated rings. The van der Waals surface area contributed by atoms with E-state index in [-0.39, 0.29) is 10.8 Å². The van der Waals surface area contributed by atoms with E-state index in [4.69, 9.17) is 4.74 Å². The average molecular weight is 331 g/mol. The molecule has 2 nitrogen and oxygen atoms in total. The Morgan fingerprint density at radius 3 is 2.46 bits per heavy atom. The maximum Gasteiger partial charge on any atom is 0.144 e. The first-order valence-electron chi connectivity index (χ1n) is 9.99. The van der Waals surface area contributed by atoms with Crippen molar-refractivity contribution in [1.82, 2.24) is 0 Å². The number of ether oxygens (including phenoxy) is 1. The fourth-order valence-corrected chi connectivity index (χ4v) is 7.22. The Labute approximate surface area is 147 Å². The van der Waals surface area contributed by atoms with Gasteiger partial charge in [0.25, 0.3) is 0 Å². The summed E-state index contributed by atoms with van der Waals surface area (Å²) in [5.41, 5.74) is 1.84. The lowest BCUT2D eigenvalue weighted by atomic mass is 9.48. The van der Waals surface area contributed by atoms with Crippen molar-refractivity contribution in [2.75, 3.05) is 7.11 Å². The molecule has 4 aliphatic rings. The van der Waals surface area contributed by atoms with Gasteiger partial charge in [-0.25, -0.2) is 0 Å². The number of carbonyl (C=O) groups is 1. The summed E-state index contributed by atoms with van der Waals surface area (Å²) in [6.45, 7) is 9.17. The van der Waals surface area contributed by atoms with Gasteiger partial charge >= 0.3 is 0 Å². The standard InChI is InChI=1S/C22H34O2/c1-20(2)13-18-16-7-6-14-12-15(24-5)8-10-21(14,3)17(16)9-11-22(18,4)19(20)23/h6,15-18H,7-13H2,1-5H3. The van der Waals surface area contributed by atoms with E-state index in [9.17, 15) is 4.79 Å². The van der Waals surface area contributed by atoms with E-state index in [1.807, 2.05) is 7.11 Å². The molecule has 0 aromatic rings. The summed E-state index contributed by atoms with van der Waals surface area (Å²) in [6, 6.07) is 0. The first kappa shape index (κ1) is 16.8. The van der Waals surface area contributed by atoms with Crippen molar-refractivity contribution < 1.29 is 9.53 Å². The van der Waals surface area contributed by atoms with Gasteiger partial charge in [0.05, 0.1) is 6.10 Å². The van der Waals surface area contributed by atoms with Gasteiger partial charge in [-0.2, -0.15) is 0 Å². The molecule has 4 aliphatic carbocycles. The largest absolute Gasteiger partial charge is 0.381 e. The van der Waals surface area contributed by atoms with E-state index in [2.05, 4.69) is 33.8 Å². The molecule has 2 heteroatoms. The van der Waals surface area contributed by atoms with Crippen molar-refractivity contribution in [2.24, 2.45) is 34.0 Å². The van der Waals surface area contributed by atoms with Crippen LogP contribution in [0.25, 0.3) is 0 Å². The van der Waals surface area contributed by atoms with Crippen LogP contribution in [-0.2, 0) is 9.53 Å². The molecule has 3 saturated carbocycles. The number of methoxy groups -OCH3 is 1. The topological polar surface area (TPSA) is 26.3 Å². The Morgan fingerprint density at radius 2 is 1.75 bits per heavy atom. The average Bonchev–Trinajstić information content (AvgIpc) is 2.73. The highest BCUT2D eigenvalue weighted by Crippen LogP contribution is 2.66. The molecule has 6 atom stereocenters. The molecule has 0 N–H and O–H groups in total. The van der Waals surface area contributed by atoms with E-state index >= 15 is 0 Å². The van der Waals surface area contributed by atoms with Crippen molar-refractivity contribution in [1.29, 1.82) is 0 Å². The van der Waals surface area contributed by atoms with E-state index in [1.54, 1.807) is 5.57 Å². The molecule has 6 unspecified atom stereocenters. The first-order valence-corrected chi connectivity index (χ1v) is 9.99.